The average molecular weight is 352 g/mol. The molecule has 1 saturated heterocycles. The highest BCUT2D eigenvalue weighted by Crippen LogP contribution is 2.36. The molecule has 0 saturated carbocycles. The molecule has 26 heavy (non-hydrogen) atoms. The van der Waals surface area contributed by atoms with Gasteiger partial charge in [-0.2, -0.15) is 0 Å². The molecular formula is C21H24N2O3. The molecule has 2 aliphatic heterocycles. The van der Waals surface area contributed by atoms with Crippen molar-refractivity contribution in [3.63, 3.8) is 0 Å². The number of hydrogen-bond donors (Lipinski definition) is 1. The van der Waals surface area contributed by atoms with Crippen LogP contribution in [0.1, 0.15) is 30.1 Å². The van der Waals surface area contributed by atoms with Crippen LogP contribution in [0.2, 0.25) is 0 Å². The van der Waals surface area contributed by atoms with E-state index in [1.807, 2.05) is 42.5 Å². The predicted octanol–water partition coefficient (Wildman–Crippen LogP) is 3.30. The predicted molar refractivity (Wildman–Crippen MR) is 101 cm³/mol. The lowest BCUT2D eigenvalue weighted by atomic mass is 10.0. The SMILES string of the molecule is CC(CN1CCCC1)NC(=O)c1cccc(-c2ccc3c(c2)OCO3)c1. The molecule has 0 aliphatic carbocycles. The Bertz CT molecular complexity index is 800. The number of nitrogens with zero attached hydrogens (tertiary/aromatic N) is 1. The van der Waals surface area contributed by atoms with Crippen molar-refractivity contribution in [2.75, 3.05) is 26.4 Å². The molecule has 1 unspecified atom stereocenters. The number of fused-ring (bicyclic) bond motifs is 1. The van der Waals surface area contributed by atoms with Crippen LogP contribution in [-0.2, 0) is 0 Å². The Kier molecular flexibility index (Phi) is 4.80. The van der Waals surface area contributed by atoms with Gasteiger partial charge in [0.1, 0.15) is 0 Å². The summed E-state index contributed by atoms with van der Waals surface area (Å²) < 4.78 is 10.8. The zero-order chi connectivity index (χ0) is 17.9. The summed E-state index contributed by atoms with van der Waals surface area (Å²) in [6, 6.07) is 13.7. The topological polar surface area (TPSA) is 50.8 Å². The Morgan fingerprint density at radius 1 is 1.08 bits per heavy atom. The monoisotopic (exact) mass is 352 g/mol. The van der Waals surface area contributed by atoms with Crippen molar-refractivity contribution in [2.45, 2.75) is 25.8 Å². The molecule has 0 bridgehead atoms. The number of amides is 1. The van der Waals surface area contributed by atoms with Gasteiger partial charge in [0.15, 0.2) is 11.5 Å². The van der Waals surface area contributed by atoms with Crippen LogP contribution in [0.3, 0.4) is 0 Å². The van der Waals surface area contributed by atoms with Gasteiger partial charge in [0.25, 0.3) is 5.91 Å². The average Bonchev–Trinajstić information content (AvgIpc) is 3.32. The number of rotatable bonds is 5. The van der Waals surface area contributed by atoms with Gasteiger partial charge in [0.05, 0.1) is 0 Å². The zero-order valence-corrected chi connectivity index (χ0v) is 15.0. The highest BCUT2D eigenvalue weighted by molar-refractivity contribution is 5.95. The molecule has 5 heteroatoms. The summed E-state index contributed by atoms with van der Waals surface area (Å²) in [5.74, 6) is 1.48. The molecule has 2 aromatic rings. The number of nitrogens with one attached hydrogen (secondary N) is 1. The number of ether oxygens (including phenoxy) is 2. The van der Waals surface area contributed by atoms with Crippen molar-refractivity contribution >= 4 is 5.91 Å². The number of hydrogen-bond acceptors (Lipinski definition) is 4. The van der Waals surface area contributed by atoms with Crippen LogP contribution in [0.4, 0.5) is 0 Å². The molecule has 1 atom stereocenters. The lowest BCUT2D eigenvalue weighted by Crippen LogP contribution is -2.41. The van der Waals surface area contributed by atoms with Gasteiger partial charge in [-0.05, 0) is 68.2 Å². The molecule has 2 heterocycles. The van der Waals surface area contributed by atoms with Crippen LogP contribution in [0, 0.1) is 0 Å². The minimum absolute atomic E-state index is 0.0284. The van der Waals surface area contributed by atoms with Gasteiger partial charge in [-0.25, -0.2) is 0 Å². The van der Waals surface area contributed by atoms with Crippen LogP contribution in [0.5, 0.6) is 11.5 Å². The summed E-state index contributed by atoms with van der Waals surface area (Å²) in [7, 11) is 0. The summed E-state index contributed by atoms with van der Waals surface area (Å²) in [4.78, 5) is 15.0. The third-order valence-corrected chi connectivity index (χ3v) is 4.94. The maximum absolute atomic E-state index is 12.6. The van der Waals surface area contributed by atoms with Crippen LogP contribution in [0.25, 0.3) is 11.1 Å². The smallest absolute Gasteiger partial charge is 0.251 e. The van der Waals surface area contributed by atoms with Crippen molar-refractivity contribution in [3.8, 4) is 22.6 Å². The molecule has 0 spiro atoms. The number of carbonyl (C=O) groups excluding carboxylic acids is 1. The highest BCUT2D eigenvalue weighted by atomic mass is 16.7. The van der Waals surface area contributed by atoms with Crippen molar-refractivity contribution in [3.05, 3.63) is 48.0 Å². The Labute approximate surface area is 153 Å². The van der Waals surface area contributed by atoms with Crippen LogP contribution in [0.15, 0.2) is 42.5 Å². The van der Waals surface area contributed by atoms with E-state index in [4.69, 9.17) is 9.47 Å². The first-order valence-electron chi connectivity index (χ1n) is 9.22. The summed E-state index contributed by atoms with van der Waals surface area (Å²) in [6.07, 6.45) is 2.52. The van der Waals surface area contributed by atoms with Gasteiger partial charge < -0.3 is 19.7 Å². The van der Waals surface area contributed by atoms with E-state index in [0.717, 1.165) is 42.3 Å². The van der Waals surface area contributed by atoms with Crippen LogP contribution in [-0.4, -0.2) is 43.3 Å². The fourth-order valence-corrected chi connectivity index (χ4v) is 3.62. The number of carbonyl (C=O) groups is 1. The normalized spacial score (nSPS) is 17.3. The van der Waals surface area contributed by atoms with Crippen molar-refractivity contribution in [1.82, 2.24) is 10.2 Å². The Hall–Kier alpha value is -2.53. The molecule has 136 valence electrons. The third kappa shape index (κ3) is 3.68. The van der Waals surface area contributed by atoms with Gasteiger partial charge >= 0.3 is 0 Å². The van der Waals surface area contributed by atoms with Crippen LogP contribution < -0.4 is 14.8 Å². The molecule has 5 nitrogen and oxygen atoms in total. The molecule has 1 N–H and O–H groups in total. The molecule has 2 aliphatic rings. The maximum Gasteiger partial charge on any atom is 0.251 e. The van der Waals surface area contributed by atoms with Crippen molar-refractivity contribution in [2.24, 2.45) is 0 Å². The van der Waals surface area contributed by atoms with E-state index >= 15 is 0 Å². The minimum atomic E-state index is -0.0284. The Morgan fingerprint density at radius 2 is 1.85 bits per heavy atom. The van der Waals surface area contributed by atoms with Crippen molar-refractivity contribution in [1.29, 1.82) is 0 Å². The second kappa shape index (κ2) is 7.38. The molecule has 2 aromatic carbocycles. The fourth-order valence-electron chi connectivity index (χ4n) is 3.62. The molecule has 0 aromatic heterocycles. The van der Waals surface area contributed by atoms with Gasteiger partial charge in [-0.3, -0.25) is 4.79 Å². The van der Waals surface area contributed by atoms with E-state index in [2.05, 4.69) is 17.1 Å². The summed E-state index contributed by atoms with van der Waals surface area (Å²) in [5.41, 5.74) is 2.67. The van der Waals surface area contributed by atoms with E-state index < -0.39 is 0 Å². The van der Waals surface area contributed by atoms with E-state index in [-0.39, 0.29) is 18.7 Å². The van der Waals surface area contributed by atoms with Gasteiger partial charge in [-0.15, -0.1) is 0 Å². The lowest BCUT2D eigenvalue weighted by Gasteiger charge is -2.21. The minimum Gasteiger partial charge on any atom is -0.454 e. The third-order valence-electron chi connectivity index (χ3n) is 4.94. The second-order valence-electron chi connectivity index (χ2n) is 7.03. The van der Waals surface area contributed by atoms with Gasteiger partial charge in [0.2, 0.25) is 6.79 Å². The molecule has 1 fully saturated rings. The van der Waals surface area contributed by atoms with E-state index in [1.54, 1.807) is 0 Å². The summed E-state index contributed by atoms with van der Waals surface area (Å²) in [6.45, 7) is 5.52. The van der Waals surface area contributed by atoms with Gasteiger partial charge in [0, 0.05) is 18.2 Å². The molecular weight excluding hydrogens is 328 g/mol. The number of benzene rings is 2. The number of likely N-dealkylation sites (tertiary alicyclic amines) is 1. The van der Waals surface area contributed by atoms with E-state index in [9.17, 15) is 4.79 Å². The Balaban J connectivity index is 1.45. The standard InChI is InChI=1S/C21H24N2O3/c1-15(13-23-9-2-3-10-23)22-21(24)18-6-4-5-16(11-18)17-7-8-19-20(12-17)26-14-25-19/h4-8,11-12,15H,2-3,9-10,13-14H2,1H3,(H,22,24). The van der Waals surface area contributed by atoms with Gasteiger partial charge in [-0.1, -0.05) is 18.2 Å². The second-order valence-corrected chi connectivity index (χ2v) is 7.03. The summed E-state index contributed by atoms with van der Waals surface area (Å²) in [5, 5.41) is 3.12. The van der Waals surface area contributed by atoms with Crippen LogP contribution >= 0.6 is 0 Å². The van der Waals surface area contributed by atoms with E-state index in [1.165, 1.54) is 12.8 Å². The van der Waals surface area contributed by atoms with E-state index in [0.29, 0.717) is 5.56 Å². The first-order chi connectivity index (χ1) is 12.7. The first-order valence-corrected chi connectivity index (χ1v) is 9.22. The molecule has 1 amide bonds. The quantitative estimate of drug-likeness (QED) is 0.897. The first kappa shape index (κ1) is 16.9. The largest absolute Gasteiger partial charge is 0.454 e. The maximum atomic E-state index is 12.6. The molecule has 0 radical (unpaired) electrons. The highest BCUT2D eigenvalue weighted by Gasteiger charge is 2.17. The summed E-state index contributed by atoms with van der Waals surface area (Å²) >= 11 is 0. The fraction of sp³-hybridized carbons (Fsp3) is 0.381. The zero-order valence-electron chi connectivity index (χ0n) is 15.0. The van der Waals surface area contributed by atoms with Crippen molar-refractivity contribution < 1.29 is 14.3 Å². The molecule has 4 rings (SSSR count). The lowest BCUT2D eigenvalue weighted by molar-refractivity contribution is 0.0932. The Morgan fingerprint density at radius 3 is 2.69 bits per heavy atom.